The molecule has 0 radical (unpaired) electrons. The molecular weight excluding hydrogens is 286 g/mol. The summed E-state index contributed by atoms with van der Waals surface area (Å²) in [4.78, 5) is 0. The molecule has 2 heteroatoms. The van der Waals surface area contributed by atoms with Gasteiger partial charge in [-0.15, -0.1) is 0 Å². The van der Waals surface area contributed by atoms with Gasteiger partial charge in [-0.3, -0.25) is 0 Å². The number of rotatable bonds is 5. The minimum Gasteiger partial charge on any atom is -0.316 e. The molecule has 0 amide bonds. The Kier molecular flexibility index (Phi) is 4.50. The van der Waals surface area contributed by atoms with Crippen LogP contribution >= 0.6 is 15.9 Å². The van der Waals surface area contributed by atoms with Crippen LogP contribution in [0.25, 0.3) is 0 Å². The second-order valence-corrected chi connectivity index (χ2v) is 7.04. The van der Waals surface area contributed by atoms with Crippen LogP contribution < -0.4 is 5.32 Å². The molecule has 0 saturated heterocycles. The van der Waals surface area contributed by atoms with Gasteiger partial charge in [-0.05, 0) is 48.9 Å². The Labute approximate surface area is 119 Å². The van der Waals surface area contributed by atoms with Crippen molar-refractivity contribution >= 4 is 15.9 Å². The molecule has 2 atom stereocenters. The van der Waals surface area contributed by atoms with E-state index in [1.165, 1.54) is 22.9 Å². The van der Waals surface area contributed by atoms with E-state index >= 15 is 0 Å². The van der Waals surface area contributed by atoms with Crippen LogP contribution in [0.2, 0.25) is 0 Å². The highest BCUT2D eigenvalue weighted by Gasteiger charge is 2.44. The van der Waals surface area contributed by atoms with Gasteiger partial charge in [0, 0.05) is 16.4 Å². The Morgan fingerprint density at radius 3 is 2.44 bits per heavy atom. The minimum absolute atomic E-state index is 0.371. The number of hydrogen-bond acceptors (Lipinski definition) is 1. The molecule has 0 aromatic heterocycles. The van der Waals surface area contributed by atoms with Crippen molar-refractivity contribution < 1.29 is 0 Å². The van der Waals surface area contributed by atoms with Crippen molar-refractivity contribution in [2.24, 2.45) is 11.8 Å². The molecule has 1 fully saturated rings. The van der Waals surface area contributed by atoms with Gasteiger partial charge in [0.1, 0.15) is 0 Å². The zero-order valence-corrected chi connectivity index (χ0v) is 13.3. The van der Waals surface area contributed by atoms with E-state index < -0.39 is 0 Å². The SMILES string of the molecule is CC(C)CNCC1(c2ccc(Br)cc2)CCC1C. The van der Waals surface area contributed by atoms with Gasteiger partial charge in [-0.25, -0.2) is 0 Å². The van der Waals surface area contributed by atoms with Crippen LogP contribution in [0.1, 0.15) is 39.2 Å². The zero-order valence-electron chi connectivity index (χ0n) is 11.7. The lowest BCUT2D eigenvalue weighted by Gasteiger charge is -2.49. The fraction of sp³-hybridized carbons (Fsp3) is 0.625. The molecule has 1 aliphatic rings. The molecule has 1 nitrogen and oxygen atoms in total. The normalized spacial score (nSPS) is 27.3. The number of benzene rings is 1. The summed E-state index contributed by atoms with van der Waals surface area (Å²) < 4.78 is 1.17. The van der Waals surface area contributed by atoms with Crippen molar-refractivity contribution in [1.82, 2.24) is 5.32 Å². The van der Waals surface area contributed by atoms with Crippen LogP contribution in [-0.4, -0.2) is 13.1 Å². The van der Waals surface area contributed by atoms with Crippen molar-refractivity contribution in [2.45, 2.75) is 39.0 Å². The van der Waals surface area contributed by atoms with Crippen molar-refractivity contribution in [3.63, 3.8) is 0 Å². The highest BCUT2D eigenvalue weighted by Crippen LogP contribution is 2.48. The quantitative estimate of drug-likeness (QED) is 0.852. The summed E-state index contributed by atoms with van der Waals surface area (Å²) in [5.41, 5.74) is 1.87. The first-order valence-electron chi connectivity index (χ1n) is 7.01. The third-order valence-electron chi connectivity index (χ3n) is 4.38. The molecule has 0 bridgehead atoms. The monoisotopic (exact) mass is 309 g/mol. The van der Waals surface area contributed by atoms with E-state index in [4.69, 9.17) is 0 Å². The highest BCUT2D eigenvalue weighted by atomic mass is 79.9. The number of hydrogen-bond donors (Lipinski definition) is 1. The van der Waals surface area contributed by atoms with E-state index in [1.54, 1.807) is 0 Å². The molecular formula is C16H24BrN. The summed E-state index contributed by atoms with van der Waals surface area (Å²) in [7, 11) is 0. The van der Waals surface area contributed by atoms with Gasteiger partial charge in [0.25, 0.3) is 0 Å². The van der Waals surface area contributed by atoms with Crippen LogP contribution in [0.5, 0.6) is 0 Å². The topological polar surface area (TPSA) is 12.0 Å². The van der Waals surface area contributed by atoms with Crippen molar-refractivity contribution in [2.75, 3.05) is 13.1 Å². The molecule has 0 spiro atoms. The Morgan fingerprint density at radius 1 is 1.33 bits per heavy atom. The predicted octanol–water partition coefficient (Wildman–Crippen LogP) is 4.36. The Morgan fingerprint density at radius 2 is 2.00 bits per heavy atom. The standard InChI is InChI=1S/C16H24BrN/c1-12(2)10-18-11-16(9-8-13(16)3)14-4-6-15(17)7-5-14/h4-7,12-13,18H,8-11H2,1-3H3. The molecule has 1 aromatic rings. The van der Waals surface area contributed by atoms with Gasteiger partial charge in [0.2, 0.25) is 0 Å². The lowest BCUT2D eigenvalue weighted by atomic mass is 9.57. The average molecular weight is 310 g/mol. The van der Waals surface area contributed by atoms with E-state index in [0.717, 1.165) is 24.9 Å². The first kappa shape index (κ1) is 14.1. The van der Waals surface area contributed by atoms with E-state index in [9.17, 15) is 0 Å². The van der Waals surface area contributed by atoms with E-state index in [0.29, 0.717) is 5.41 Å². The molecule has 1 aromatic carbocycles. The fourth-order valence-electron chi connectivity index (χ4n) is 2.94. The second kappa shape index (κ2) is 5.75. The van der Waals surface area contributed by atoms with Crippen molar-refractivity contribution in [1.29, 1.82) is 0 Å². The smallest absolute Gasteiger partial charge is 0.0175 e. The molecule has 18 heavy (non-hydrogen) atoms. The van der Waals surface area contributed by atoms with Crippen LogP contribution in [-0.2, 0) is 5.41 Å². The average Bonchev–Trinajstić information content (AvgIpc) is 2.34. The highest BCUT2D eigenvalue weighted by molar-refractivity contribution is 9.10. The molecule has 2 rings (SSSR count). The van der Waals surface area contributed by atoms with Gasteiger partial charge in [0.15, 0.2) is 0 Å². The zero-order chi connectivity index (χ0) is 13.2. The molecule has 1 saturated carbocycles. The van der Waals surface area contributed by atoms with Crippen LogP contribution in [0.3, 0.4) is 0 Å². The van der Waals surface area contributed by atoms with E-state index in [1.807, 2.05) is 0 Å². The fourth-order valence-corrected chi connectivity index (χ4v) is 3.21. The second-order valence-electron chi connectivity index (χ2n) is 6.13. The minimum atomic E-state index is 0.371. The number of nitrogens with one attached hydrogen (secondary N) is 1. The summed E-state index contributed by atoms with van der Waals surface area (Å²) in [5.74, 6) is 1.51. The van der Waals surface area contributed by atoms with Crippen LogP contribution in [0.15, 0.2) is 28.7 Å². The van der Waals surface area contributed by atoms with Crippen LogP contribution in [0.4, 0.5) is 0 Å². The lowest BCUT2D eigenvalue weighted by molar-refractivity contribution is 0.133. The lowest BCUT2D eigenvalue weighted by Crippen LogP contribution is -2.50. The third-order valence-corrected chi connectivity index (χ3v) is 4.91. The van der Waals surface area contributed by atoms with Gasteiger partial charge in [-0.1, -0.05) is 48.8 Å². The molecule has 0 heterocycles. The molecule has 100 valence electrons. The predicted molar refractivity (Wildman–Crippen MR) is 81.9 cm³/mol. The van der Waals surface area contributed by atoms with Gasteiger partial charge >= 0.3 is 0 Å². The molecule has 1 aliphatic carbocycles. The Bertz CT molecular complexity index is 385. The van der Waals surface area contributed by atoms with E-state index in [2.05, 4.69) is 66.3 Å². The Hall–Kier alpha value is -0.340. The summed E-state index contributed by atoms with van der Waals surface area (Å²) in [6.07, 6.45) is 2.68. The number of halogens is 1. The maximum absolute atomic E-state index is 3.66. The largest absolute Gasteiger partial charge is 0.316 e. The first-order chi connectivity index (χ1) is 8.54. The van der Waals surface area contributed by atoms with Crippen LogP contribution in [0, 0.1) is 11.8 Å². The van der Waals surface area contributed by atoms with Crippen molar-refractivity contribution in [3.05, 3.63) is 34.3 Å². The summed E-state index contributed by atoms with van der Waals surface area (Å²) in [5, 5.41) is 3.66. The van der Waals surface area contributed by atoms with Gasteiger partial charge in [0.05, 0.1) is 0 Å². The van der Waals surface area contributed by atoms with E-state index in [-0.39, 0.29) is 0 Å². The summed E-state index contributed by atoms with van der Waals surface area (Å²) in [6.45, 7) is 9.16. The Balaban J connectivity index is 2.09. The summed E-state index contributed by atoms with van der Waals surface area (Å²) >= 11 is 3.52. The third kappa shape index (κ3) is 2.80. The molecule has 1 N–H and O–H groups in total. The van der Waals surface area contributed by atoms with Gasteiger partial charge < -0.3 is 5.32 Å². The molecule has 0 aliphatic heterocycles. The van der Waals surface area contributed by atoms with Crippen molar-refractivity contribution in [3.8, 4) is 0 Å². The maximum atomic E-state index is 3.66. The first-order valence-corrected chi connectivity index (χ1v) is 7.80. The maximum Gasteiger partial charge on any atom is 0.0175 e. The summed E-state index contributed by atoms with van der Waals surface area (Å²) in [6, 6.07) is 8.92. The molecule has 2 unspecified atom stereocenters. The van der Waals surface area contributed by atoms with Gasteiger partial charge in [-0.2, -0.15) is 0 Å².